The Morgan fingerprint density at radius 1 is 1.07 bits per heavy atom. The second-order valence-electron chi connectivity index (χ2n) is 3.75. The van der Waals surface area contributed by atoms with Crippen LogP contribution in [0.25, 0.3) is 11.1 Å². The predicted octanol–water partition coefficient (Wildman–Crippen LogP) is 4.16. The summed E-state index contributed by atoms with van der Waals surface area (Å²) in [5.41, 5.74) is 4.65. The third kappa shape index (κ3) is 1.32. The molecule has 2 aromatic carbocycles. The van der Waals surface area contributed by atoms with Gasteiger partial charge < -0.3 is 0 Å². The summed E-state index contributed by atoms with van der Waals surface area (Å²) in [6, 6.07) is 11.3. The van der Waals surface area contributed by atoms with Crippen molar-refractivity contribution in [2.75, 3.05) is 0 Å². The van der Waals surface area contributed by atoms with E-state index in [4.69, 9.17) is 0 Å². The first-order valence-corrected chi connectivity index (χ1v) is 5.61. The van der Waals surface area contributed by atoms with Gasteiger partial charge in [-0.1, -0.05) is 40.2 Å². The molecule has 0 amide bonds. The fourth-order valence-electron chi connectivity index (χ4n) is 2.15. The summed E-state index contributed by atoms with van der Waals surface area (Å²) in [4.78, 5) is 0. The fraction of sp³-hybridized carbons (Fsp3) is 0.0769. The molecule has 0 saturated carbocycles. The number of halogens is 2. The van der Waals surface area contributed by atoms with Gasteiger partial charge in [0.1, 0.15) is 5.82 Å². The molecule has 0 radical (unpaired) electrons. The van der Waals surface area contributed by atoms with Crippen LogP contribution in [-0.2, 0) is 6.42 Å². The van der Waals surface area contributed by atoms with Crippen LogP contribution in [0, 0.1) is 5.82 Å². The Morgan fingerprint density at radius 2 is 1.87 bits per heavy atom. The Bertz CT molecular complexity index is 546. The molecule has 0 saturated heterocycles. The van der Waals surface area contributed by atoms with Crippen molar-refractivity contribution in [1.29, 1.82) is 0 Å². The Morgan fingerprint density at radius 3 is 2.73 bits per heavy atom. The zero-order chi connectivity index (χ0) is 10.4. The van der Waals surface area contributed by atoms with E-state index in [1.165, 1.54) is 17.2 Å². The standard InChI is InChI=1S/C13H8BrF/c14-13-7-9(15)6-11-10-4-2-1-3-8(10)5-12(11)13/h1-4,6-7H,5H2. The molecule has 0 bridgehead atoms. The van der Waals surface area contributed by atoms with Crippen LogP contribution < -0.4 is 0 Å². The average molecular weight is 263 g/mol. The van der Waals surface area contributed by atoms with Gasteiger partial charge in [-0.15, -0.1) is 0 Å². The molecular weight excluding hydrogens is 255 g/mol. The summed E-state index contributed by atoms with van der Waals surface area (Å²) in [5, 5.41) is 0. The maximum Gasteiger partial charge on any atom is 0.124 e. The van der Waals surface area contributed by atoms with Crippen molar-refractivity contribution in [2.45, 2.75) is 6.42 Å². The van der Waals surface area contributed by atoms with Crippen LogP contribution in [-0.4, -0.2) is 0 Å². The molecule has 0 fully saturated rings. The first-order valence-electron chi connectivity index (χ1n) is 4.82. The minimum Gasteiger partial charge on any atom is -0.207 e. The van der Waals surface area contributed by atoms with E-state index in [-0.39, 0.29) is 5.82 Å². The number of rotatable bonds is 0. The van der Waals surface area contributed by atoms with Gasteiger partial charge in [-0.05, 0) is 40.8 Å². The molecule has 0 N–H and O–H groups in total. The third-order valence-electron chi connectivity index (χ3n) is 2.84. The highest BCUT2D eigenvalue weighted by atomic mass is 79.9. The minimum absolute atomic E-state index is 0.183. The van der Waals surface area contributed by atoms with Crippen molar-refractivity contribution in [3.8, 4) is 11.1 Å². The lowest BCUT2D eigenvalue weighted by atomic mass is 10.1. The maximum atomic E-state index is 13.3. The summed E-state index contributed by atoms with van der Waals surface area (Å²) in [5.74, 6) is -0.183. The molecule has 2 heteroatoms. The number of hydrogen-bond donors (Lipinski definition) is 0. The SMILES string of the molecule is Fc1cc(Br)c2c(c1)-c1ccccc1C2. The van der Waals surface area contributed by atoms with Gasteiger partial charge in [0.2, 0.25) is 0 Å². The quantitative estimate of drug-likeness (QED) is 0.571. The van der Waals surface area contributed by atoms with Gasteiger partial charge in [-0.25, -0.2) is 4.39 Å². The zero-order valence-corrected chi connectivity index (χ0v) is 9.51. The molecule has 1 aliphatic carbocycles. The number of hydrogen-bond acceptors (Lipinski definition) is 0. The van der Waals surface area contributed by atoms with Crippen molar-refractivity contribution < 1.29 is 4.39 Å². The third-order valence-corrected chi connectivity index (χ3v) is 3.54. The molecule has 0 nitrogen and oxygen atoms in total. The Labute approximate surface area is 95.9 Å². The average Bonchev–Trinajstić information content (AvgIpc) is 2.57. The largest absolute Gasteiger partial charge is 0.207 e. The van der Waals surface area contributed by atoms with Crippen molar-refractivity contribution in [1.82, 2.24) is 0 Å². The topological polar surface area (TPSA) is 0 Å². The normalized spacial score (nSPS) is 12.4. The van der Waals surface area contributed by atoms with Gasteiger partial charge in [0, 0.05) is 4.47 Å². The Hall–Kier alpha value is -1.15. The summed E-state index contributed by atoms with van der Waals surface area (Å²) in [6.07, 6.45) is 0.895. The van der Waals surface area contributed by atoms with Gasteiger partial charge in [-0.2, -0.15) is 0 Å². The lowest BCUT2D eigenvalue weighted by Gasteiger charge is -2.02. The Kier molecular flexibility index (Phi) is 1.93. The highest BCUT2D eigenvalue weighted by Crippen LogP contribution is 2.40. The highest BCUT2D eigenvalue weighted by Gasteiger charge is 2.20. The molecule has 0 unspecified atom stereocenters. The van der Waals surface area contributed by atoms with Gasteiger partial charge in [-0.3, -0.25) is 0 Å². The van der Waals surface area contributed by atoms with E-state index in [1.54, 1.807) is 6.07 Å². The zero-order valence-electron chi connectivity index (χ0n) is 7.93. The smallest absolute Gasteiger partial charge is 0.124 e. The molecule has 0 aliphatic heterocycles. The monoisotopic (exact) mass is 262 g/mol. The van der Waals surface area contributed by atoms with Crippen molar-refractivity contribution in [2.24, 2.45) is 0 Å². The van der Waals surface area contributed by atoms with Gasteiger partial charge in [0.15, 0.2) is 0 Å². The minimum atomic E-state index is -0.183. The molecule has 15 heavy (non-hydrogen) atoms. The second-order valence-corrected chi connectivity index (χ2v) is 4.60. The van der Waals surface area contributed by atoms with E-state index in [1.807, 2.05) is 18.2 Å². The van der Waals surface area contributed by atoms with Crippen molar-refractivity contribution >= 4 is 15.9 Å². The molecule has 2 aromatic rings. The van der Waals surface area contributed by atoms with Gasteiger partial charge in [0.05, 0.1) is 0 Å². The summed E-state index contributed by atoms with van der Waals surface area (Å²) < 4.78 is 14.2. The van der Waals surface area contributed by atoms with Crippen LogP contribution in [0.3, 0.4) is 0 Å². The summed E-state index contributed by atoms with van der Waals surface area (Å²) in [7, 11) is 0. The van der Waals surface area contributed by atoms with E-state index >= 15 is 0 Å². The summed E-state index contributed by atoms with van der Waals surface area (Å²) >= 11 is 3.42. The molecule has 0 heterocycles. The van der Waals surface area contributed by atoms with Gasteiger partial charge in [0.25, 0.3) is 0 Å². The van der Waals surface area contributed by atoms with Crippen LogP contribution in [0.1, 0.15) is 11.1 Å². The van der Waals surface area contributed by atoms with Crippen LogP contribution in [0.15, 0.2) is 40.9 Å². The van der Waals surface area contributed by atoms with Crippen LogP contribution in [0.5, 0.6) is 0 Å². The van der Waals surface area contributed by atoms with Crippen LogP contribution in [0.4, 0.5) is 4.39 Å². The highest BCUT2D eigenvalue weighted by molar-refractivity contribution is 9.10. The molecule has 1 aliphatic rings. The molecule has 0 atom stereocenters. The van der Waals surface area contributed by atoms with E-state index in [9.17, 15) is 4.39 Å². The first kappa shape index (κ1) is 9.10. The lowest BCUT2D eigenvalue weighted by molar-refractivity contribution is 0.627. The molecule has 3 rings (SSSR count). The first-order chi connectivity index (χ1) is 7.25. The van der Waals surface area contributed by atoms with Crippen LogP contribution >= 0.6 is 15.9 Å². The molecule has 74 valence electrons. The van der Waals surface area contributed by atoms with Gasteiger partial charge >= 0.3 is 0 Å². The van der Waals surface area contributed by atoms with Crippen molar-refractivity contribution in [3.05, 3.63) is 57.8 Å². The fourth-order valence-corrected chi connectivity index (χ4v) is 2.72. The van der Waals surface area contributed by atoms with E-state index in [0.29, 0.717) is 0 Å². The van der Waals surface area contributed by atoms with E-state index in [0.717, 1.165) is 22.0 Å². The van der Waals surface area contributed by atoms with E-state index in [2.05, 4.69) is 22.0 Å². The number of benzene rings is 2. The lowest BCUT2D eigenvalue weighted by Crippen LogP contribution is -1.84. The summed E-state index contributed by atoms with van der Waals surface area (Å²) in [6.45, 7) is 0. The maximum absolute atomic E-state index is 13.3. The van der Waals surface area contributed by atoms with Crippen LogP contribution in [0.2, 0.25) is 0 Å². The second kappa shape index (κ2) is 3.17. The molecule has 0 spiro atoms. The molecule has 0 aromatic heterocycles. The van der Waals surface area contributed by atoms with E-state index < -0.39 is 0 Å². The number of fused-ring (bicyclic) bond motifs is 3. The Balaban J connectivity index is 2.33. The van der Waals surface area contributed by atoms with Crippen molar-refractivity contribution in [3.63, 3.8) is 0 Å². The predicted molar refractivity (Wildman–Crippen MR) is 62.3 cm³/mol. The molecular formula is C13H8BrF.